The third-order valence-electron chi connectivity index (χ3n) is 4.50. The van der Waals surface area contributed by atoms with Gasteiger partial charge in [0.2, 0.25) is 0 Å². The van der Waals surface area contributed by atoms with E-state index < -0.39 is 0 Å². The Morgan fingerprint density at radius 3 is 2.90 bits per heavy atom. The Bertz CT molecular complexity index is 592. The van der Waals surface area contributed by atoms with Crippen LogP contribution < -0.4 is 5.32 Å². The Hall–Kier alpha value is -1.91. The predicted octanol–water partition coefficient (Wildman–Crippen LogP) is 3.35. The average molecular weight is 285 g/mol. The van der Waals surface area contributed by atoms with Crippen molar-refractivity contribution in [3.05, 3.63) is 30.1 Å². The highest BCUT2D eigenvalue weighted by molar-refractivity contribution is 5.51. The summed E-state index contributed by atoms with van der Waals surface area (Å²) in [5.41, 5.74) is 2.17. The minimum atomic E-state index is 0.592. The average Bonchev–Trinajstić information content (AvgIpc) is 2.94. The van der Waals surface area contributed by atoms with E-state index in [0.717, 1.165) is 23.1 Å². The number of anilines is 1. The molecule has 1 N–H and O–H groups in total. The summed E-state index contributed by atoms with van der Waals surface area (Å²) in [5, 5.41) is 15.4. The number of benzene rings is 1. The first-order chi connectivity index (χ1) is 10.3. The van der Waals surface area contributed by atoms with Gasteiger partial charge in [-0.15, -0.1) is 5.10 Å². The number of tetrazole rings is 1. The van der Waals surface area contributed by atoms with Gasteiger partial charge in [0.1, 0.15) is 0 Å². The fourth-order valence-corrected chi connectivity index (χ4v) is 3.30. The molecule has 0 saturated heterocycles. The molecule has 21 heavy (non-hydrogen) atoms. The first-order valence-corrected chi connectivity index (χ1v) is 7.90. The molecule has 1 aliphatic carbocycles. The van der Waals surface area contributed by atoms with E-state index in [2.05, 4.69) is 46.0 Å². The Kier molecular flexibility index (Phi) is 4.18. The standard InChI is InChI=1S/C16H23N5/c1-3-13-7-4-5-10-16(13)17-14-8-6-9-15(11-14)21-12(2)18-19-20-21/h6,8-9,11,13,16-17H,3-5,7,10H2,1-2H3. The summed E-state index contributed by atoms with van der Waals surface area (Å²) < 4.78 is 1.77. The minimum Gasteiger partial charge on any atom is -0.382 e. The Labute approximate surface area is 125 Å². The summed E-state index contributed by atoms with van der Waals surface area (Å²) >= 11 is 0. The summed E-state index contributed by atoms with van der Waals surface area (Å²) in [4.78, 5) is 0. The Balaban J connectivity index is 1.78. The van der Waals surface area contributed by atoms with E-state index in [9.17, 15) is 0 Å². The zero-order valence-electron chi connectivity index (χ0n) is 12.8. The van der Waals surface area contributed by atoms with Gasteiger partial charge >= 0.3 is 0 Å². The molecule has 1 aliphatic rings. The van der Waals surface area contributed by atoms with Crippen LogP contribution in [0, 0.1) is 12.8 Å². The van der Waals surface area contributed by atoms with Gasteiger partial charge in [0.05, 0.1) is 5.69 Å². The predicted molar refractivity (Wildman–Crippen MR) is 83.6 cm³/mol. The van der Waals surface area contributed by atoms with Crippen LogP contribution in [0.25, 0.3) is 5.69 Å². The molecule has 5 nitrogen and oxygen atoms in total. The highest BCUT2D eigenvalue weighted by Crippen LogP contribution is 2.29. The Morgan fingerprint density at radius 2 is 2.14 bits per heavy atom. The SMILES string of the molecule is CCC1CCCCC1Nc1cccc(-n2nnnc2C)c1. The van der Waals surface area contributed by atoms with Crippen molar-refractivity contribution in [1.29, 1.82) is 0 Å². The molecule has 0 bridgehead atoms. The van der Waals surface area contributed by atoms with Crippen LogP contribution in [0.15, 0.2) is 24.3 Å². The fraction of sp³-hybridized carbons (Fsp3) is 0.562. The number of hydrogen-bond acceptors (Lipinski definition) is 4. The maximum absolute atomic E-state index is 4.03. The van der Waals surface area contributed by atoms with Crippen molar-refractivity contribution >= 4 is 5.69 Å². The van der Waals surface area contributed by atoms with Crippen molar-refractivity contribution in [3.8, 4) is 5.69 Å². The number of hydrogen-bond donors (Lipinski definition) is 1. The molecule has 1 saturated carbocycles. The summed E-state index contributed by atoms with van der Waals surface area (Å²) in [6.07, 6.45) is 6.58. The van der Waals surface area contributed by atoms with Gasteiger partial charge in [0, 0.05) is 11.7 Å². The molecular formula is C16H23N5. The van der Waals surface area contributed by atoms with Gasteiger partial charge in [-0.05, 0) is 54.3 Å². The summed E-state index contributed by atoms with van der Waals surface area (Å²) in [6.45, 7) is 4.21. The highest BCUT2D eigenvalue weighted by atomic mass is 15.5. The van der Waals surface area contributed by atoms with Crippen molar-refractivity contribution in [3.63, 3.8) is 0 Å². The van der Waals surface area contributed by atoms with E-state index in [1.165, 1.54) is 32.1 Å². The van der Waals surface area contributed by atoms with E-state index in [-0.39, 0.29) is 0 Å². The second-order valence-electron chi connectivity index (χ2n) is 5.89. The molecule has 3 rings (SSSR count). The number of nitrogens with one attached hydrogen (secondary N) is 1. The van der Waals surface area contributed by atoms with Crippen LogP contribution in [0.1, 0.15) is 44.9 Å². The van der Waals surface area contributed by atoms with E-state index >= 15 is 0 Å². The third kappa shape index (κ3) is 3.06. The molecule has 2 aromatic rings. The monoisotopic (exact) mass is 285 g/mol. The van der Waals surface area contributed by atoms with Crippen LogP contribution in [0.2, 0.25) is 0 Å². The van der Waals surface area contributed by atoms with Crippen LogP contribution in [0.5, 0.6) is 0 Å². The van der Waals surface area contributed by atoms with E-state index in [1.807, 2.05) is 13.0 Å². The second-order valence-corrected chi connectivity index (χ2v) is 5.89. The van der Waals surface area contributed by atoms with Gasteiger partial charge in [-0.2, -0.15) is 4.68 Å². The van der Waals surface area contributed by atoms with Crippen LogP contribution in [-0.4, -0.2) is 26.2 Å². The maximum atomic E-state index is 4.03. The molecule has 1 heterocycles. The highest BCUT2D eigenvalue weighted by Gasteiger charge is 2.23. The smallest absolute Gasteiger partial charge is 0.153 e. The lowest BCUT2D eigenvalue weighted by Gasteiger charge is -2.32. The van der Waals surface area contributed by atoms with Crippen molar-refractivity contribution in [2.24, 2.45) is 5.92 Å². The number of rotatable bonds is 4. The molecule has 1 aromatic carbocycles. The number of nitrogens with zero attached hydrogens (tertiary/aromatic N) is 4. The molecule has 5 heteroatoms. The first-order valence-electron chi connectivity index (χ1n) is 7.90. The lowest BCUT2D eigenvalue weighted by Crippen LogP contribution is -2.31. The fourth-order valence-electron chi connectivity index (χ4n) is 3.30. The number of aromatic nitrogens is 4. The molecule has 0 aliphatic heterocycles. The van der Waals surface area contributed by atoms with Gasteiger partial charge in [0.15, 0.2) is 5.82 Å². The molecule has 0 spiro atoms. The van der Waals surface area contributed by atoms with E-state index in [0.29, 0.717) is 6.04 Å². The topological polar surface area (TPSA) is 55.6 Å². The summed E-state index contributed by atoms with van der Waals surface area (Å²) in [7, 11) is 0. The van der Waals surface area contributed by atoms with E-state index in [1.54, 1.807) is 4.68 Å². The van der Waals surface area contributed by atoms with Gasteiger partial charge in [-0.1, -0.05) is 32.3 Å². The summed E-state index contributed by atoms with van der Waals surface area (Å²) in [5.74, 6) is 1.59. The molecule has 0 amide bonds. The largest absolute Gasteiger partial charge is 0.382 e. The van der Waals surface area contributed by atoms with Crippen molar-refractivity contribution < 1.29 is 0 Å². The van der Waals surface area contributed by atoms with E-state index in [4.69, 9.17) is 0 Å². The quantitative estimate of drug-likeness (QED) is 0.936. The molecule has 112 valence electrons. The molecule has 1 aromatic heterocycles. The lowest BCUT2D eigenvalue weighted by molar-refractivity contribution is 0.317. The van der Waals surface area contributed by atoms with Crippen LogP contribution >= 0.6 is 0 Å². The normalized spacial score (nSPS) is 22.2. The second kappa shape index (κ2) is 6.24. The maximum Gasteiger partial charge on any atom is 0.153 e. The third-order valence-corrected chi connectivity index (χ3v) is 4.50. The zero-order valence-corrected chi connectivity index (χ0v) is 12.8. The Morgan fingerprint density at radius 1 is 1.29 bits per heavy atom. The lowest BCUT2D eigenvalue weighted by atomic mass is 9.83. The number of aryl methyl sites for hydroxylation is 1. The van der Waals surface area contributed by atoms with Crippen LogP contribution in [0.3, 0.4) is 0 Å². The van der Waals surface area contributed by atoms with Crippen molar-refractivity contribution in [2.75, 3.05) is 5.32 Å². The van der Waals surface area contributed by atoms with Crippen LogP contribution in [-0.2, 0) is 0 Å². The van der Waals surface area contributed by atoms with Crippen LogP contribution in [0.4, 0.5) is 5.69 Å². The summed E-state index contributed by atoms with van der Waals surface area (Å²) in [6, 6.07) is 8.94. The van der Waals surface area contributed by atoms with Crippen molar-refractivity contribution in [2.45, 2.75) is 52.0 Å². The van der Waals surface area contributed by atoms with Gasteiger partial charge in [-0.25, -0.2) is 0 Å². The van der Waals surface area contributed by atoms with Crippen molar-refractivity contribution in [1.82, 2.24) is 20.2 Å². The molecule has 2 unspecified atom stereocenters. The molecular weight excluding hydrogens is 262 g/mol. The zero-order chi connectivity index (χ0) is 14.7. The first kappa shape index (κ1) is 14.0. The minimum absolute atomic E-state index is 0.592. The molecule has 2 atom stereocenters. The molecule has 1 fully saturated rings. The van der Waals surface area contributed by atoms with Gasteiger partial charge < -0.3 is 5.32 Å². The molecule has 0 radical (unpaired) electrons. The van der Waals surface area contributed by atoms with Gasteiger partial charge in [-0.3, -0.25) is 0 Å². The van der Waals surface area contributed by atoms with Gasteiger partial charge in [0.25, 0.3) is 0 Å².